The van der Waals surface area contributed by atoms with Crippen molar-refractivity contribution in [1.82, 2.24) is 16.0 Å². The molecule has 0 aromatic heterocycles. The van der Waals surface area contributed by atoms with E-state index in [4.69, 9.17) is 16.6 Å². The van der Waals surface area contributed by atoms with E-state index in [9.17, 15) is 39.3 Å². The molecule has 2 aromatic carbocycles. The number of aliphatic carboxylic acids is 2. The van der Waals surface area contributed by atoms with Gasteiger partial charge in [-0.2, -0.15) is 0 Å². The fourth-order valence-corrected chi connectivity index (χ4v) is 4.14. The largest absolute Gasteiger partial charge is 0.508 e. The first kappa shape index (κ1) is 34.5. The summed E-state index contributed by atoms with van der Waals surface area (Å²) in [4.78, 5) is 62.4. The minimum Gasteiger partial charge on any atom is -0.508 e. The topological polar surface area (TPSA) is 254 Å². The molecule has 14 nitrogen and oxygen atoms in total. The molecule has 2 aromatic rings. The lowest BCUT2D eigenvalue weighted by atomic mass is 10.0. The van der Waals surface area contributed by atoms with Crippen molar-refractivity contribution in [2.45, 2.75) is 69.1 Å². The van der Waals surface area contributed by atoms with Crippen LogP contribution in [0.1, 0.15) is 43.2 Å². The van der Waals surface area contributed by atoms with Gasteiger partial charge in [0.05, 0.1) is 6.04 Å². The molecule has 0 aliphatic rings. The Morgan fingerprint density at radius 1 is 0.651 bits per heavy atom. The molecule has 0 bridgehead atoms. The molecule has 43 heavy (non-hydrogen) atoms. The maximum Gasteiger partial charge on any atom is 0.326 e. The summed E-state index contributed by atoms with van der Waals surface area (Å²) in [5.41, 5.74) is 12.6. The van der Waals surface area contributed by atoms with Crippen LogP contribution >= 0.6 is 0 Å². The molecule has 11 N–H and O–H groups in total. The van der Waals surface area contributed by atoms with Crippen LogP contribution in [0.25, 0.3) is 0 Å². The molecule has 3 amide bonds. The third-order valence-corrected chi connectivity index (χ3v) is 6.59. The molecule has 2 rings (SSSR count). The fourth-order valence-electron chi connectivity index (χ4n) is 4.14. The standard InChI is InChI=1S/C29H39N5O9/c30-14-2-1-3-21(31)26(39)33-23(15-17-4-8-19(35)9-5-17)28(41)34-24(16-18-6-10-20(36)11-7-18)27(40)32-22(29(42)43)12-13-25(37)38/h4-11,21-24,35-36H,1-3,12-16,30-31H2,(H,32,40)(H,33,39)(H,34,41)(H,37,38)(H,42,43). The van der Waals surface area contributed by atoms with Crippen molar-refractivity contribution in [2.24, 2.45) is 11.5 Å². The smallest absolute Gasteiger partial charge is 0.326 e. The highest BCUT2D eigenvalue weighted by molar-refractivity contribution is 5.94. The normalized spacial score (nSPS) is 13.6. The molecule has 0 fully saturated rings. The number of benzene rings is 2. The summed E-state index contributed by atoms with van der Waals surface area (Å²) in [6.45, 7) is 0.434. The van der Waals surface area contributed by atoms with Gasteiger partial charge < -0.3 is 47.8 Å². The summed E-state index contributed by atoms with van der Waals surface area (Å²) in [5, 5.41) is 45.2. The third-order valence-electron chi connectivity index (χ3n) is 6.59. The second kappa shape index (κ2) is 17.3. The van der Waals surface area contributed by atoms with Crippen LogP contribution in [0.15, 0.2) is 48.5 Å². The molecule has 0 saturated carbocycles. The van der Waals surface area contributed by atoms with Crippen molar-refractivity contribution in [3.63, 3.8) is 0 Å². The second-order valence-electron chi connectivity index (χ2n) is 10.1. The third kappa shape index (κ3) is 12.4. The number of carbonyl (C=O) groups is 5. The fraction of sp³-hybridized carbons (Fsp3) is 0.414. The summed E-state index contributed by atoms with van der Waals surface area (Å²) < 4.78 is 0. The van der Waals surface area contributed by atoms with Gasteiger partial charge in [-0.05, 0) is 61.2 Å². The number of nitrogens with one attached hydrogen (secondary N) is 3. The van der Waals surface area contributed by atoms with Crippen LogP contribution in [0.3, 0.4) is 0 Å². The lowest BCUT2D eigenvalue weighted by molar-refractivity contribution is -0.143. The monoisotopic (exact) mass is 601 g/mol. The van der Waals surface area contributed by atoms with Gasteiger partial charge in [0.25, 0.3) is 0 Å². The van der Waals surface area contributed by atoms with E-state index in [0.717, 1.165) is 0 Å². The van der Waals surface area contributed by atoms with Crippen LogP contribution in [-0.2, 0) is 36.8 Å². The van der Waals surface area contributed by atoms with E-state index < -0.39 is 66.7 Å². The Balaban J connectivity index is 2.32. The van der Waals surface area contributed by atoms with Crippen molar-refractivity contribution in [3.05, 3.63) is 59.7 Å². The number of hydrogen-bond acceptors (Lipinski definition) is 9. The van der Waals surface area contributed by atoms with Crippen LogP contribution in [0.4, 0.5) is 0 Å². The Hall–Kier alpha value is -4.69. The Bertz CT molecular complexity index is 1240. The summed E-state index contributed by atoms with van der Waals surface area (Å²) >= 11 is 0. The van der Waals surface area contributed by atoms with Gasteiger partial charge >= 0.3 is 11.9 Å². The number of rotatable bonds is 18. The number of phenols is 2. The summed E-state index contributed by atoms with van der Waals surface area (Å²) in [5.74, 6) is -5.01. The molecule has 0 saturated heterocycles. The Morgan fingerprint density at radius 3 is 1.51 bits per heavy atom. The van der Waals surface area contributed by atoms with Crippen molar-refractivity contribution < 1.29 is 44.4 Å². The SMILES string of the molecule is NCCCCC(N)C(=O)NC(Cc1ccc(O)cc1)C(=O)NC(Cc1ccc(O)cc1)C(=O)NC(CCC(=O)O)C(=O)O. The van der Waals surface area contributed by atoms with Gasteiger partial charge in [0.2, 0.25) is 17.7 Å². The van der Waals surface area contributed by atoms with E-state index in [1.54, 1.807) is 12.1 Å². The zero-order valence-corrected chi connectivity index (χ0v) is 23.6. The Labute approximate surface area is 248 Å². The number of carboxylic acids is 2. The summed E-state index contributed by atoms with van der Waals surface area (Å²) in [7, 11) is 0. The molecule has 0 aliphatic carbocycles. The highest BCUT2D eigenvalue weighted by Crippen LogP contribution is 2.14. The van der Waals surface area contributed by atoms with E-state index >= 15 is 0 Å². The van der Waals surface area contributed by atoms with Gasteiger partial charge in [-0.25, -0.2) is 4.79 Å². The van der Waals surface area contributed by atoms with Gasteiger partial charge in [-0.1, -0.05) is 30.7 Å². The van der Waals surface area contributed by atoms with E-state index in [-0.39, 0.29) is 24.3 Å². The number of amides is 3. The second-order valence-corrected chi connectivity index (χ2v) is 10.1. The molecule has 234 valence electrons. The first-order valence-corrected chi connectivity index (χ1v) is 13.8. The van der Waals surface area contributed by atoms with Crippen LogP contribution in [0.2, 0.25) is 0 Å². The molecule has 0 radical (unpaired) electrons. The molecule has 4 atom stereocenters. The molecule has 0 heterocycles. The number of aromatic hydroxyl groups is 2. The summed E-state index contributed by atoms with van der Waals surface area (Å²) in [6, 6.07) is 6.68. The molecule has 14 heteroatoms. The van der Waals surface area contributed by atoms with Crippen molar-refractivity contribution in [3.8, 4) is 11.5 Å². The van der Waals surface area contributed by atoms with Gasteiger partial charge in [0.1, 0.15) is 29.6 Å². The first-order valence-electron chi connectivity index (χ1n) is 13.8. The van der Waals surface area contributed by atoms with Crippen LogP contribution in [-0.4, -0.2) is 80.8 Å². The Morgan fingerprint density at radius 2 is 1.09 bits per heavy atom. The van der Waals surface area contributed by atoms with Gasteiger partial charge in [0, 0.05) is 19.3 Å². The van der Waals surface area contributed by atoms with Crippen LogP contribution < -0.4 is 27.4 Å². The summed E-state index contributed by atoms with van der Waals surface area (Å²) in [6.07, 6.45) is 0.530. The number of nitrogens with two attached hydrogens (primary N) is 2. The zero-order chi connectivity index (χ0) is 31.9. The average Bonchev–Trinajstić information content (AvgIpc) is 2.96. The number of carbonyl (C=O) groups excluding carboxylic acids is 3. The zero-order valence-electron chi connectivity index (χ0n) is 23.6. The van der Waals surface area contributed by atoms with Crippen molar-refractivity contribution in [2.75, 3.05) is 6.54 Å². The van der Waals surface area contributed by atoms with Gasteiger partial charge in [0.15, 0.2) is 0 Å². The average molecular weight is 602 g/mol. The number of unbranched alkanes of at least 4 members (excludes halogenated alkanes) is 1. The van der Waals surface area contributed by atoms with Crippen LogP contribution in [0.5, 0.6) is 11.5 Å². The van der Waals surface area contributed by atoms with Crippen molar-refractivity contribution >= 4 is 29.7 Å². The predicted molar refractivity (Wildman–Crippen MR) is 155 cm³/mol. The van der Waals surface area contributed by atoms with E-state index in [0.29, 0.717) is 36.9 Å². The number of phenolic OH excluding ortho intramolecular Hbond substituents is 2. The first-order chi connectivity index (χ1) is 20.4. The number of hydrogen-bond donors (Lipinski definition) is 9. The number of carboxylic acid groups (broad SMARTS) is 2. The van der Waals surface area contributed by atoms with Gasteiger partial charge in [-0.3, -0.25) is 19.2 Å². The van der Waals surface area contributed by atoms with E-state index in [1.807, 2.05) is 0 Å². The molecule has 4 unspecified atom stereocenters. The highest BCUT2D eigenvalue weighted by Gasteiger charge is 2.31. The predicted octanol–water partition coefficient (Wildman–Crippen LogP) is -0.257. The minimum absolute atomic E-state index is 0.00257. The quantitative estimate of drug-likeness (QED) is 0.101. The molecule has 0 aliphatic heterocycles. The van der Waals surface area contributed by atoms with Crippen molar-refractivity contribution in [1.29, 1.82) is 0 Å². The molecular formula is C29H39N5O9. The maximum atomic E-state index is 13.6. The molecule has 0 spiro atoms. The molecular weight excluding hydrogens is 562 g/mol. The lowest BCUT2D eigenvalue weighted by Gasteiger charge is -2.25. The lowest BCUT2D eigenvalue weighted by Crippen LogP contribution is -2.58. The van der Waals surface area contributed by atoms with Crippen LogP contribution in [0, 0.1) is 0 Å². The minimum atomic E-state index is -1.54. The van der Waals surface area contributed by atoms with E-state index in [1.165, 1.54) is 36.4 Å². The maximum absolute atomic E-state index is 13.6. The Kier molecular flexibility index (Phi) is 13.9. The van der Waals surface area contributed by atoms with E-state index in [2.05, 4.69) is 16.0 Å². The highest BCUT2D eigenvalue weighted by atomic mass is 16.4. The van der Waals surface area contributed by atoms with Gasteiger partial charge in [-0.15, -0.1) is 0 Å².